The van der Waals surface area contributed by atoms with Crippen LogP contribution in [0.4, 0.5) is 16.7 Å². The van der Waals surface area contributed by atoms with E-state index < -0.39 is 0 Å². The van der Waals surface area contributed by atoms with Gasteiger partial charge in [-0.05, 0) is 13.5 Å². The van der Waals surface area contributed by atoms with Gasteiger partial charge in [0.15, 0.2) is 5.65 Å². The maximum Gasteiger partial charge on any atom is 0.320 e. The van der Waals surface area contributed by atoms with Crippen molar-refractivity contribution in [3.63, 3.8) is 0 Å². The molecule has 0 spiro atoms. The van der Waals surface area contributed by atoms with Crippen molar-refractivity contribution in [2.24, 2.45) is 0 Å². The Balaban J connectivity index is 1.32. The van der Waals surface area contributed by atoms with E-state index in [2.05, 4.69) is 31.4 Å². The zero-order valence-electron chi connectivity index (χ0n) is 20.5. The molecule has 13 heteroatoms. The zero-order valence-corrected chi connectivity index (χ0v) is 20.5. The van der Waals surface area contributed by atoms with E-state index in [9.17, 15) is 4.79 Å². The molecular weight excluding hydrogens is 462 g/mol. The summed E-state index contributed by atoms with van der Waals surface area (Å²) in [6, 6.07) is 0.215. The minimum absolute atomic E-state index is 0.0920. The first-order chi connectivity index (χ1) is 17.6. The fraction of sp³-hybridized carbons (Fsp3) is 0.565. The van der Waals surface area contributed by atoms with Crippen LogP contribution in [-0.2, 0) is 4.74 Å². The Morgan fingerprint density at radius 2 is 1.72 bits per heavy atom. The number of anilines is 2. The number of rotatable bonds is 3. The number of fused-ring (bicyclic) bond motifs is 1. The van der Waals surface area contributed by atoms with Gasteiger partial charge in [-0.3, -0.25) is 0 Å². The van der Waals surface area contributed by atoms with Gasteiger partial charge in [0.25, 0.3) is 0 Å². The van der Waals surface area contributed by atoms with Crippen LogP contribution >= 0.6 is 0 Å². The van der Waals surface area contributed by atoms with Crippen LogP contribution in [0, 0.1) is 0 Å². The van der Waals surface area contributed by atoms with E-state index in [1.807, 2.05) is 16.1 Å². The summed E-state index contributed by atoms with van der Waals surface area (Å²) in [5.74, 6) is 0.835. The predicted octanol–water partition coefficient (Wildman–Crippen LogP) is 0.316. The number of aromatic nitrogens is 6. The summed E-state index contributed by atoms with van der Waals surface area (Å²) in [7, 11) is 2.09. The molecule has 2 N–H and O–H groups in total. The molecule has 0 aromatic carbocycles. The lowest BCUT2D eigenvalue weighted by Gasteiger charge is -2.35. The lowest BCUT2D eigenvalue weighted by atomic mass is 10.2. The summed E-state index contributed by atoms with van der Waals surface area (Å²) in [6.45, 7) is 7.41. The van der Waals surface area contributed by atoms with Gasteiger partial charge < -0.3 is 34.6 Å². The standard InChI is InChI=1S/C23H31N11O2/c1-30-4-6-32(7-5-30)23(35)33-3-2-17(14-33)34-15-27-19-18(16-12-25-21(24)26-13-16)28-22(29-20(19)34)31-8-10-36-11-9-31/h12-13,15,17H,2-11,14H2,1H3,(H2,24,25,26). The van der Waals surface area contributed by atoms with E-state index in [0.717, 1.165) is 50.4 Å². The van der Waals surface area contributed by atoms with Crippen molar-refractivity contribution >= 4 is 29.1 Å². The molecule has 1 unspecified atom stereocenters. The second-order valence-electron chi connectivity index (χ2n) is 9.59. The molecule has 2 amide bonds. The highest BCUT2D eigenvalue weighted by Crippen LogP contribution is 2.31. The second-order valence-corrected chi connectivity index (χ2v) is 9.59. The predicted molar refractivity (Wildman–Crippen MR) is 133 cm³/mol. The lowest BCUT2D eigenvalue weighted by Crippen LogP contribution is -2.51. The molecule has 6 heterocycles. The van der Waals surface area contributed by atoms with Crippen molar-refractivity contribution in [3.8, 4) is 11.3 Å². The maximum absolute atomic E-state index is 13.2. The molecule has 1 atom stereocenters. The number of hydrogen-bond acceptors (Lipinski definition) is 10. The minimum atomic E-state index is 0.0920. The normalized spacial score (nSPS) is 21.5. The van der Waals surface area contributed by atoms with Crippen molar-refractivity contribution < 1.29 is 9.53 Å². The third-order valence-corrected chi connectivity index (χ3v) is 7.25. The number of likely N-dealkylation sites (N-methyl/N-ethyl adjacent to an activating group) is 1. The molecule has 0 radical (unpaired) electrons. The smallest absolute Gasteiger partial charge is 0.320 e. The van der Waals surface area contributed by atoms with Gasteiger partial charge in [0, 0.05) is 70.3 Å². The largest absolute Gasteiger partial charge is 0.378 e. The summed E-state index contributed by atoms with van der Waals surface area (Å²) in [4.78, 5) is 44.3. The molecular formula is C23H31N11O2. The molecule has 36 heavy (non-hydrogen) atoms. The first kappa shape index (κ1) is 22.9. The molecule has 6 rings (SSSR count). The number of nitrogens with zero attached hydrogens (tertiary/aromatic N) is 10. The highest BCUT2D eigenvalue weighted by atomic mass is 16.5. The fourth-order valence-electron chi connectivity index (χ4n) is 5.08. The number of likely N-dealkylation sites (tertiary alicyclic amines) is 1. The van der Waals surface area contributed by atoms with Gasteiger partial charge in [0.1, 0.15) is 11.2 Å². The maximum atomic E-state index is 13.2. The first-order valence-electron chi connectivity index (χ1n) is 12.4. The van der Waals surface area contributed by atoms with E-state index in [4.69, 9.17) is 25.4 Å². The molecule has 0 saturated carbocycles. The summed E-state index contributed by atoms with van der Waals surface area (Å²) < 4.78 is 7.62. The Morgan fingerprint density at radius 1 is 0.972 bits per heavy atom. The van der Waals surface area contributed by atoms with Crippen molar-refractivity contribution in [1.29, 1.82) is 0 Å². The highest BCUT2D eigenvalue weighted by Gasteiger charge is 2.33. The van der Waals surface area contributed by atoms with Crippen molar-refractivity contribution in [1.82, 2.24) is 44.2 Å². The minimum Gasteiger partial charge on any atom is -0.378 e. The number of piperazine rings is 1. The number of urea groups is 1. The number of carbonyl (C=O) groups excluding carboxylic acids is 1. The Morgan fingerprint density at radius 3 is 2.47 bits per heavy atom. The molecule has 13 nitrogen and oxygen atoms in total. The van der Waals surface area contributed by atoms with Gasteiger partial charge >= 0.3 is 6.03 Å². The fourth-order valence-corrected chi connectivity index (χ4v) is 5.08. The van der Waals surface area contributed by atoms with Crippen LogP contribution in [0.2, 0.25) is 0 Å². The number of nitrogens with two attached hydrogens (primary N) is 1. The van der Waals surface area contributed by atoms with Gasteiger partial charge in [-0.25, -0.2) is 24.7 Å². The third-order valence-electron chi connectivity index (χ3n) is 7.25. The van der Waals surface area contributed by atoms with Gasteiger partial charge in [-0.2, -0.15) is 4.98 Å². The Kier molecular flexibility index (Phi) is 6.01. The molecule has 3 aliphatic heterocycles. The van der Waals surface area contributed by atoms with Gasteiger partial charge in [0.05, 0.1) is 25.6 Å². The van der Waals surface area contributed by atoms with Gasteiger partial charge in [-0.1, -0.05) is 0 Å². The van der Waals surface area contributed by atoms with Crippen LogP contribution in [0.5, 0.6) is 0 Å². The lowest BCUT2D eigenvalue weighted by molar-refractivity contribution is 0.122. The average Bonchev–Trinajstić information content (AvgIpc) is 3.57. The van der Waals surface area contributed by atoms with Crippen LogP contribution in [0.15, 0.2) is 18.7 Å². The van der Waals surface area contributed by atoms with Crippen LogP contribution in [0.1, 0.15) is 12.5 Å². The monoisotopic (exact) mass is 493 g/mol. The summed E-state index contributed by atoms with van der Waals surface area (Å²) in [5, 5.41) is 0. The zero-order chi connectivity index (χ0) is 24.6. The summed E-state index contributed by atoms with van der Waals surface area (Å²) >= 11 is 0. The van der Waals surface area contributed by atoms with Crippen LogP contribution in [-0.4, -0.2) is 123 Å². The van der Waals surface area contributed by atoms with Crippen molar-refractivity contribution in [2.45, 2.75) is 12.5 Å². The molecule has 0 bridgehead atoms. The van der Waals surface area contributed by atoms with E-state index in [1.165, 1.54) is 0 Å². The van der Waals surface area contributed by atoms with E-state index in [-0.39, 0.29) is 18.0 Å². The van der Waals surface area contributed by atoms with Gasteiger partial charge in [-0.15, -0.1) is 0 Å². The second kappa shape index (κ2) is 9.47. The number of morpholine rings is 1. The SMILES string of the molecule is CN1CCN(C(=O)N2CCC(n3cnc4c(-c5cnc(N)nc5)nc(N5CCOCC5)nc43)C2)CC1. The highest BCUT2D eigenvalue weighted by molar-refractivity contribution is 5.88. The van der Waals surface area contributed by atoms with Crippen molar-refractivity contribution in [2.75, 3.05) is 83.3 Å². The molecule has 0 aliphatic carbocycles. The number of nitrogen functional groups attached to an aromatic ring is 1. The topological polar surface area (TPSA) is 135 Å². The number of ether oxygens (including phenoxy) is 1. The molecule has 3 fully saturated rings. The number of carbonyl (C=O) groups is 1. The van der Waals surface area contributed by atoms with E-state index in [0.29, 0.717) is 50.0 Å². The van der Waals surface area contributed by atoms with E-state index >= 15 is 0 Å². The molecule has 3 aromatic heterocycles. The quantitative estimate of drug-likeness (QED) is 0.543. The Hall–Kier alpha value is -3.58. The number of hydrogen-bond donors (Lipinski definition) is 1. The molecule has 3 aromatic rings. The van der Waals surface area contributed by atoms with Gasteiger partial charge in [0.2, 0.25) is 11.9 Å². The Labute approximate surface area is 208 Å². The van der Waals surface area contributed by atoms with E-state index in [1.54, 1.807) is 12.4 Å². The number of amides is 2. The summed E-state index contributed by atoms with van der Waals surface area (Å²) in [6.07, 6.45) is 6.00. The average molecular weight is 494 g/mol. The number of imidazole rings is 1. The van der Waals surface area contributed by atoms with Crippen LogP contribution in [0.25, 0.3) is 22.4 Å². The van der Waals surface area contributed by atoms with Crippen LogP contribution < -0.4 is 10.6 Å². The molecule has 3 aliphatic rings. The van der Waals surface area contributed by atoms with Crippen LogP contribution in [0.3, 0.4) is 0 Å². The Bertz CT molecular complexity index is 1230. The first-order valence-corrected chi connectivity index (χ1v) is 12.4. The molecule has 3 saturated heterocycles. The third kappa shape index (κ3) is 4.28. The molecule has 190 valence electrons. The summed E-state index contributed by atoms with van der Waals surface area (Å²) in [5.41, 5.74) is 8.55. The van der Waals surface area contributed by atoms with Crippen molar-refractivity contribution in [3.05, 3.63) is 18.7 Å².